The molecule has 3 nitrogen and oxygen atoms in total. The van der Waals surface area contributed by atoms with Crippen LogP contribution in [0, 0.1) is 0 Å². The highest BCUT2D eigenvalue weighted by molar-refractivity contribution is 5.81. The lowest BCUT2D eigenvalue weighted by atomic mass is 10.2. The van der Waals surface area contributed by atoms with Crippen LogP contribution in [-0.4, -0.2) is 9.55 Å². The van der Waals surface area contributed by atoms with E-state index in [4.69, 9.17) is 4.74 Å². The highest BCUT2D eigenvalue weighted by Gasteiger charge is 2.07. The summed E-state index contributed by atoms with van der Waals surface area (Å²) in [6.07, 6.45) is 3.48. The summed E-state index contributed by atoms with van der Waals surface area (Å²) in [7, 11) is 0. The van der Waals surface area contributed by atoms with Crippen molar-refractivity contribution in [1.82, 2.24) is 9.55 Å². The van der Waals surface area contributed by atoms with Crippen LogP contribution in [0.4, 0.5) is 0 Å². The van der Waals surface area contributed by atoms with Crippen molar-refractivity contribution in [3.8, 4) is 5.75 Å². The Morgan fingerprint density at radius 2 is 2.05 bits per heavy atom. The third-order valence-corrected chi connectivity index (χ3v) is 3.23. The van der Waals surface area contributed by atoms with Gasteiger partial charge in [0.15, 0.2) is 0 Å². The van der Waals surface area contributed by atoms with Gasteiger partial charge in [-0.2, -0.15) is 0 Å². The van der Waals surface area contributed by atoms with E-state index in [0.29, 0.717) is 6.61 Å². The monoisotopic (exact) mass is 252 g/mol. The molecule has 0 aliphatic heterocycles. The number of benzene rings is 1. The van der Waals surface area contributed by atoms with Gasteiger partial charge in [-0.1, -0.05) is 18.2 Å². The van der Waals surface area contributed by atoms with Gasteiger partial charge >= 0.3 is 0 Å². The van der Waals surface area contributed by atoms with E-state index in [9.17, 15) is 0 Å². The van der Waals surface area contributed by atoms with E-state index >= 15 is 0 Å². The molecule has 3 aromatic rings. The number of hydrogen-bond donors (Lipinski definition) is 0. The maximum Gasteiger partial charge on any atom is 0.138 e. The average Bonchev–Trinajstić information content (AvgIpc) is 2.83. The van der Waals surface area contributed by atoms with Crippen LogP contribution >= 0.6 is 0 Å². The molecule has 0 saturated carbocycles. The summed E-state index contributed by atoms with van der Waals surface area (Å²) in [4.78, 5) is 4.05. The fourth-order valence-electron chi connectivity index (χ4n) is 2.35. The Labute approximate surface area is 112 Å². The van der Waals surface area contributed by atoms with Crippen molar-refractivity contribution in [2.75, 3.05) is 0 Å². The first-order valence-corrected chi connectivity index (χ1v) is 6.48. The molecule has 0 unspecified atom stereocenters. The third-order valence-electron chi connectivity index (χ3n) is 3.23. The van der Waals surface area contributed by atoms with Gasteiger partial charge in [0.25, 0.3) is 0 Å². The fourth-order valence-corrected chi connectivity index (χ4v) is 2.35. The van der Waals surface area contributed by atoms with Crippen molar-refractivity contribution in [3.63, 3.8) is 0 Å². The van der Waals surface area contributed by atoms with Crippen LogP contribution in [0.1, 0.15) is 12.6 Å². The Morgan fingerprint density at radius 1 is 1.16 bits per heavy atom. The third kappa shape index (κ3) is 2.32. The molecule has 2 heterocycles. The molecule has 3 rings (SSSR count). The lowest BCUT2D eigenvalue weighted by molar-refractivity contribution is 0.295. The van der Waals surface area contributed by atoms with Crippen molar-refractivity contribution in [1.29, 1.82) is 0 Å². The van der Waals surface area contributed by atoms with Crippen LogP contribution in [0.15, 0.2) is 54.9 Å². The average molecular weight is 252 g/mol. The first-order valence-electron chi connectivity index (χ1n) is 6.48. The molecule has 0 aliphatic carbocycles. The van der Waals surface area contributed by atoms with E-state index in [2.05, 4.69) is 46.8 Å². The first-order chi connectivity index (χ1) is 9.38. The topological polar surface area (TPSA) is 27.1 Å². The minimum atomic E-state index is 0.564. The zero-order valence-electron chi connectivity index (χ0n) is 10.9. The second kappa shape index (κ2) is 5.14. The number of fused-ring (bicyclic) bond motifs is 1. The smallest absolute Gasteiger partial charge is 0.138 e. The molecular formula is C16H16N2O. The number of para-hydroxylation sites is 1. The van der Waals surface area contributed by atoms with Crippen molar-refractivity contribution >= 4 is 10.9 Å². The zero-order chi connectivity index (χ0) is 13.1. The molecule has 3 heteroatoms. The van der Waals surface area contributed by atoms with Crippen LogP contribution in [0.25, 0.3) is 10.9 Å². The van der Waals surface area contributed by atoms with E-state index in [-0.39, 0.29) is 0 Å². The molecule has 0 radical (unpaired) electrons. The Kier molecular flexibility index (Phi) is 3.19. The lowest BCUT2D eigenvalue weighted by Gasteiger charge is -2.09. The van der Waals surface area contributed by atoms with Crippen LogP contribution in [0.2, 0.25) is 0 Å². The predicted molar refractivity (Wildman–Crippen MR) is 76.2 cm³/mol. The highest BCUT2D eigenvalue weighted by atomic mass is 16.5. The highest BCUT2D eigenvalue weighted by Crippen LogP contribution is 2.21. The number of aryl methyl sites for hydroxylation is 1. The Balaban J connectivity index is 1.88. The molecule has 0 saturated heterocycles. The molecule has 0 bridgehead atoms. The lowest BCUT2D eigenvalue weighted by Crippen LogP contribution is -2.04. The molecule has 0 spiro atoms. The van der Waals surface area contributed by atoms with E-state index in [1.807, 2.05) is 12.1 Å². The van der Waals surface area contributed by atoms with Gasteiger partial charge in [0.1, 0.15) is 12.4 Å². The van der Waals surface area contributed by atoms with E-state index < -0.39 is 0 Å². The largest absolute Gasteiger partial charge is 0.486 e. The molecule has 0 atom stereocenters. The Morgan fingerprint density at radius 3 is 2.84 bits per heavy atom. The van der Waals surface area contributed by atoms with Gasteiger partial charge in [0, 0.05) is 18.3 Å². The molecule has 19 heavy (non-hydrogen) atoms. The normalized spacial score (nSPS) is 10.8. The summed E-state index contributed by atoms with van der Waals surface area (Å²) in [6, 6.07) is 14.4. The number of nitrogens with zero attached hydrogens (tertiary/aromatic N) is 2. The molecule has 0 fully saturated rings. The minimum Gasteiger partial charge on any atom is -0.486 e. The summed E-state index contributed by atoms with van der Waals surface area (Å²) >= 11 is 0. The fraction of sp³-hybridized carbons (Fsp3) is 0.188. The second-order valence-electron chi connectivity index (χ2n) is 4.42. The number of pyridine rings is 1. The van der Waals surface area contributed by atoms with Crippen molar-refractivity contribution in [3.05, 3.63) is 60.6 Å². The number of rotatable bonds is 4. The SMILES string of the molecule is CCn1c(COc2cccnc2)cc2ccccc21. The maximum atomic E-state index is 5.78. The summed E-state index contributed by atoms with van der Waals surface area (Å²) in [6.45, 7) is 3.66. The zero-order valence-corrected chi connectivity index (χ0v) is 10.9. The van der Waals surface area contributed by atoms with Crippen molar-refractivity contribution in [2.24, 2.45) is 0 Å². The van der Waals surface area contributed by atoms with Gasteiger partial charge in [-0.25, -0.2) is 0 Å². The van der Waals surface area contributed by atoms with Gasteiger partial charge in [0.05, 0.1) is 11.9 Å². The van der Waals surface area contributed by atoms with Gasteiger partial charge in [-0.05, 0) is 36.6 Å². The van der Waals surface area contributed by atoms with Gasteiger partial charge < -0.3 is 9.30 Å². The quantitative estimate of drug-likeness (QED) is 0.709. The van der Waals surface area contributed by atoms with Crippen LogP contribution in [-0.2, 0) is 13.2 Å². The van der Waals surface area contributed by atoms with Crippen LogP contribution in [0.5, 0.6) is 5.75 Å². The van der Waals surface area contributed by atoms with Gasteiger partial charge in [-0.15, -0.1) is 0 Å². The molecule has 1 aromatic carbocycles. The number of hydrogen-bond acceptors (Lipinski definition) is 2. The Bertz CT molecular complexity index is 674. The van der Waals surface area contributed by atoms with Crippen LogP contribution in [0.3, 0.4) is 0 Å². The molecule has 0 aliphatic rings. The van der Waals surface area contributed by atoms with Crippen LogP contribution < -0.4 is 4.74 Å². The molecular weight excluding hydrogens is 236 g/mol. The van der Waals surface area contributed by atoms with E-state index in [1.54, 1.807) is 12.4 Å². The summed E-state index contributed by atoms with van der Waals surface area (Å²) in [5, 5.41) is 1.26. The molecule has 2 aromatic heterocycles. The first kappa shape index (κ1) is 11.8. The maximum absolute atomic E-state index is 5.78. The molecule has 0 N–H and O–H groups in total. The standard InChI is InChI=1S/C16H16N2O/c1-2-18-14(10-13-6-3-4-8-16(13)18)12-19-15-7-5-9-17-11-15/h3-11H,2,12H2,1H3. The van der Waals surface area contributed by atoms with Crippen molar-refractivity contribution < 1.29 is 4.74 Å². The second-order valence-corrected chi connectivity index (χ2v) is 4.42. The summed E-state index contributed by atoms with van der Waals surface area (Å²) in [5.74, 6) is 0.801. The number of ether oxygens (including phenoxy) is 1. The van der Waals surface area contributed by atoms with Gasteiger partial charge in [0.2, 0.25) is 0 Å². The molecule has 0 amide bonds. The van der Waals surface area contributed by atoms with E-state index in [0.717, 1.165) is 12.3 Å². The van der Waals surface area contributed by atoms with Crippen molar-refractivity contribution in [2.45, 2.75) is 20.1 Å². The minimum absolute atomic E-state index is 0.564. The summed E-state index contributed by atoms with van der Waals surface area (Å²) in [5.41, 5.74) is 2.45. The molecule has 96 valence electrons. The van der Waals surface area contributed by atoms with Gasteiger partial charge in [-0.3, -0.25) is 4.98 Å². The number of aromatic nitrogens is 2. The Hall–Kier alpha value is -2.29. The predicted octanol–water partition coefficient (Wildman–Crippen LogP) is 3.64. The summed E-state index contributed by atoms with van der Waals surface area (Å²) < 4.78 is 8.06. The van der Waals surface area contributed by atoms with E-state index in [1.165, 1.54) is 16.6 Å².